The molecule has 2 saturated heterocycles. The summed E-state index contributed by atoms with van der Waals surface area (Å²) < 4.78 is 10.7. The van der Waals surface area contributed by atoms with Gasteiger partial charge in [0.1, 0.15) is 0 Å². The fourth-order valence-electron chi connectivity index (χ4n) is 5.86. The van der Waals surface area contributed by atoms with Crippen LogP contribution in [0.15, 0.2) is 0 Å². The van der Waals surface area contributed by atoms with Gasteiger partial charge in [0.05, 0.1) is 26.4 Å². The Morgan fingerprint density at radius 2 is 1.23 bits per heavy atom. The number of carbonyl (C=O) groups excluding carboxylic acids is 2. The van der Waals surface area contributed by atoms with E-state index in [-0.39, 0.29) is 12.1 Å². The standard InChI is InChI=1S/C23H40N4O4/c1-25(23(29)27-12-16-31-17-13-27)21-8-4-19(5-9-21)18-2-6-20(7-3-18)24-22(28)26-10-14-30-15-11-26/h18-21H,2-17H2,1H3,(H,24,28). The van der Waals surface area contributed by atoms with Gasteiger partial charge in [-0.3, -0.25) is 0 Å². The lowest BCUT2D eigenvalue weighted by Crippen LogP contribution is -2.51. The van der Waals surface area contributed by atoms with E-state index in [2.05, 4.69) is 5.32 Å². The summed E-state index contributed by atoms with van der Waals surface area (Å²) in [6, 6.07) is 0.944. The highest BCUT2D eigenvalue weighted by Crippen LogP contribution is 2.39. The number of morpholine rings is 2. The third-order valence-electron chi connectivity index (χ3n) is 7.94. The molecule has 0 atom stereocenters. The number of hydrogen-bond acceptors (Lipinski definition) is 4. The van der Waals surface area contributed by atoms with Crippen molar-refractivity contribution in [1.82, 2.24) is 20.0 Å². The van der Waals surface area contributed by atoms with Gasteiger partial charge in [0.15, 0.2) is 0 Å². The predicted octanol–water partition coefficient (Wildman–Crippen LogP) is 2.53. The molecule has 2 aliphatic carbocycles. The smallest absolute Gasteiger partial charge is 0.320 e. The molecule has 0 unspecified atom stereocenters. The summed E-state index contributed by atoms with van der Waals surface area (Å²) in [5.74, 6) is 1.55. The van der Waals surface area contributed by atoms with Gasteiger partial charge in [0, 0.05) is 45.3 Å². The molecule has 4 fully saturated rings. The van der Waals surface area contributed by atoms with E-state index >= 15 is 0 Å². The molecule has 176 valence electrons. The van der Waals surface area contributed by atoms with Gasteiger partial charge >= 0.3 is 12.1 Å². The van der Waals surface area contributed by atoms with E-state index in [9.17, 15) is 9.59 Å². The van der Waals surface area contributed by atoms with Crippen LogP contribution in [-0.4, -0.2) is 98.5 Å². The summed E-state index contributed by atoms with van der Waals surface area (Å²) >= 11 is 0. The summed E-state index contributed by atoms with van der Waals surface area (Å²) in [6.45, 7) is 5.43. The molecule has 2 aliphatic heterocycles. The summed E-state index contributed by atoms with van der Waals surface area (Å²) in [7, 11) is 1.98. The Balaban J connectivity index is 1.16. The Morgan fingerprint density at radius 1 is 0.742 bits per heavy atom. The van der Waals surface area contributed by atoms with Crippen LogP contribution in [0.3, 0.4) is 0 Å². The van der Waals surface area contributed by atoms with Crippen molar-refractivity contribution >= 4 is 12.1 Å². The van der Waals surface area contributed by atoms with Gasteiger partial charge in [0.2, 0.25) is 0 Å². The summed E-state index contributed by atoms with van der Waals surface area (Å²) in [4.78, 5) is 31.0. The summed E-state index contributed by atoms with van der Waals surface area (Å²) in [5.41, 5.74) is 0. The molecule has 0 bridgehead atoms. The highest BCUT2D eigenvalue weighted by molar-refractivity contribution is 5.75. The molecule has 4 aliphatic rings. The Kier molecular flexibility index (Phi) is 7.93. The quantitative estimate of drug-likeness (QED) is 0.738. The highest BCUT2D eigenvalue weighted by Gasteiger charge is 2.34. The summed E-state index contributed by atoms with van der Waals surface area (Å²) in [6.07, 6.45) is 9.29. The van der Waals surface area contributed by atoms with E-state index in [0.717, 1.165) is 37.5 Å². The predicted molar refractivity (Wildman–Crippen MR) is 118 cm³/mol. The van der Waals surface area contributed by atoms with Crippen LogP contribution in [0.5, 0.6) is 0 Å². The van der Waals surface area contributed by atoms with Crippen LogP contribution in [0.25, 0.3) is 0 Å². The lowest BCUT2D eigenvalue weighted by Gasteiger charge is -2.41. The van der Waals surface area contributed by atoms with Crippen molar-refractivity contribution in [3.63, 3.8) is 0 Å². The molecule has 0 aromatic heterocycles. The highest BCUT2D eigenvalue weighted by atomic mass is 16.5. The largest absolute Gasteiger partial charge is 0.378 e. The van der Waals surface area contributed by atoms with Crippen LogP contribution < -0.4 is 5.32 Å². The van der Waals surface area contributed by atoms with Gasteiger partial charge in [0.25, 0.3) is 0 Å². The lowest BCUT2D eigenvalue weighted by molar-refractivity contribution is 0.0379. The molecule has 8 nitrogen and oxygen atoms in total. The second-order valence-corrected chi connectivity index (χ2v) is 9.72. The molecule has 4 amide bonds. The fraction of sp³-hybridized carbons (Fsp3) is 0.913. The van der Waals surface area contributed by atoms with Crippen LogP contribution in [0.1, 0.15) is 51.4 Å². The average molecular weight is 437 g/mol. The molecule has 2 heterocycles. The van der Waals surface area contributed by atoms with E-state index in [0.29, 0.717) is 64.7 Å². The molecular weight excluding hydrogens is 396 g/mol. The first-order valence-corrected chi connectivity index (χ1v) is 12.3. The minimum atomic E-state index is 0.0835. The number of nitrogens with one attached hydrogen (secondary N) is 1. The van der Waals surface area contributed by atoms with Gasteiger partial charge in [-0.15, -0.1) is 0 Å². The van der Waals surface area contributed by atoms with Gasteiger partial charge in [-0.05, 0) is 63.2 Å². The maximum Gasteiger partial charge on any atom is 0.320 e. The monoisotopic (exact) mass is 436 g/mol. The normalized spacial score (nSPS) is 32.4. The van der Waals surface area contributed by atoms with Crippen molar-refractivity contribution in [2.75, 3.05) is 59.7 Å². The van der Waals surface area contributed by atoms with E-state index < -0.39 is 0 Å². The molecule has 0 aromatic rings. The second kappa shape index (κ2) is 10.9. The average Bonchev–Trinajstić information content (AvgIpc) is 2.85. The van der Waals surface area contributed by atoms with E-state index in [1.807, 2.05) is 21.7 Å². The van der Waals surface area contributed by atoms with Gasteiger partial charge in [-0.2, -0.15) is 0 Å². The first kappa shape index (κ1) is 22.6. The van der Waals surface area contributed by atoms with Crippen molar-refractivity contribution < 1.29 is 19.1 Å². The third-order valence-corrected chi connectivity index (χ3v) is 7.94. The number of nitrogens with zero attached hydrogens (tertiary/aromatic N) is 3. The van der Waals surface area contributed by atoms with Crippen molar-refractivity contribution in [3.8, 4) is 0 Å². The molecule has 0 radical (unpaired) electrons. The second-order valence-electron chi connectivity index (χ2n) is 9.72. The Labute approximate surface area is 186 Å². The minimum absolute atomic E-state index is 0.0835. The minimum Gasteiger partial charge on any atom is -0.378 e. The molecule has 1 N–H and O–H groups in total. The maximum absolute atomic E-state index is 12.8. The molecule has 0 spiro atoms. The molecule has 31 heavy (non-hydrogen) atoms. The van der Waals surface area contributed by atoms with E-state index in [4.69, 9.17) is 9.47 Å². The molecular formula is C23H40N4O4. The first-order chi connectivity index (χ1) is 15.1. The number of carbonyl (C=O) groups is 2. The molecule has 0 aromatic carbocycles. The van der Waals surface area contributed by atoms with Crippen LogP contribution in [0, 0.1) is 11.8 Å². The fourth-order valence-corrected chi connectivity index (χ4v) is 5.86. The SMILES string of the molecule is CN(C(=O)N1CCOCC1)C1CCC(C2CCC(NC(=O)N3CCOCC3)CC2)CC1. The number of urea groups is 2. The van der Waals surface area contributed by atoms with E-state index in [1.54, 1.807) is 0 Å². The zero-order valence-corrected chi connectivity index (χ0v) is 19.1. The zero-order valence-electron chi connectivity index (χ0n) is 19.1. The lowest BCUT2D eigenvalue weighted by atomic mass is 9.71. The van der Waals surface area contributed by atoms with Crippen LogP contribution in [0.2, 0.25) is 0 Å². The van der Waals surface area contributed by atoms with Crippen LogP contribution in [0.4, 0.5) is 9.59 Å². The Hall–Kier alpha value is -1.54. The first-order valence-electron chi connectivity index (χ1n) is 12.3. The zero-order chi connectivity index (χ0) is 21.6. The van der Waals surface area contributed by atoms with Crippen LogP contribution >= 0.6 is 0 Å². The third kappa shape index (κ3) is 5.83. The number of amides is 4. The van der Waals surface area contributed by atoms with Gasteiger partial charge < -0.3 is 29.5 Å². The number of ether oxygens (including phenoxy) is 2. The molecule has 4 rings (SSSR count). The van der Waals surface area contributed by atoms with Gasteiger partial charge in [-0.1, -0.05) is 0 Å². The van der Waals surface area contributed by atoms with Crippen molar-refractivity contribution in [3.05, 3.63) is 0 Å². The Morgan fingerprint density at radius 3 is 1.77 bits per heavy atom. The van der Waals surface area contributed by atoms with Crippen molar-refractivity contribution in [2.45, 2.75) is 63.5 Å². The topological polar surface area (TPSA) is 74.4 Å². The molecule has 8 heteroatoms. The number of rotatable bonds is 3. The van der Waals surface area contributed by atoms with Crippen LogP contribution in [-0.2, 0) is 9.47 Å². The Bertz CT molecular complexity index is 590. The van der Waals surface area contributed by atoms with Crippen molar-refractivity contribution in [2.24, 2.45) is 11.8 Å². The summed E-state index contributed by atoms with van der Waals surface area (Å²) in [5, 5.41) is 3.25. The number of hydrogen-bond donors (Lipinski definition) is 1. The maximum atomic E-state index is 12.8. The molecule has 2 saturated carbocycles. The van der Waals surface area contributed by atoms with Crippen molar-refractivity contribution in [1.29, 1.82) is 0 Å². The van der Waals surface area contributed by atoms with Gasteiger partial charge in [-0.25, -0.2) is 9.59 Å². The van der Waals surface area contributed by atoms with E-state index in [1.165, 1.54) is 25.7 Å².